The summed E-state index contributed by atoms with van der Waals surface area (Å²) >= 11 is 0. The molecular weight excluding hydrogens is 438 g/mol. The van der Waals surface area contributed by atoms with Crippen molar-refractivity contribution < 1.29 is 24.5 Å². The third-order valence-electron chi connectivity index (χ3n) is 5.73. The maximum absolute atomic E-state index is 11.9. The fourth-order valence-electron chi connectivity index (χ4n) is 3.82. The molecule has 0 saturated carbocycles. The van der Waals surface area contributed by atoms with Crippen molar-refractivity contribution in [2.24, 2.45) is 0 Å². The predicted molar refractivity (Wildman–Crippen MR) is 128 cm³/mol. The number of benzene rings is 1. The van der Waals surface area contributed by atoms with Gasteiger partial charge in [0.15, 0.2) is 5.69 Å². The van der Waals surface area contributed by atoms with Crippen LogP contribution in [0.15, 0.2) is 30.3 Å². The van der Waals surface area contributed by atoms with Gasteiger partial charge < -0.3 is 29.5 Å². The number of aliphatic hydroxyl groups is 1. The van der Waals surface area contributed by atoms with Gasteiger partial charge in [-0.05, 0) is 18.6 Å². The number of carboxylic acids is 1. The summed E-state index contributed by atoms with van der Waals surface area (Å²) in [6, 6.07) is 8.88. The van der Waals surface area contributed by atoms with Crippen molar-refractivity contribution in [1.82, 2.24) is 15.0 Å². The summed E-state index contributed by atoms with van der Waals surface area (Å²) in [5.74, 6) is -0.582. The molecular formula is C24H29N5O5. The number of nitrogens with zero attached hydrogens (tertiary/aromatic N) is 5. The lowest BCUT2D eigenvalue weighted by Gasteiger charge is -2.28. The number of likely N-dealkylation sites (N-methyl/N-ethyl adjacent to an activating group) is 1. The fourth-order valence-corrected chi connectivity index (χ4v) is 3.82. The monoisotopic (exact) mass is 467 g/mol. The number of aromatic nitrogens is 3. The molecule has 2 N–H and O–H groups in total. The van der Waals surface area contributed by atoms with Crippen molar-refractivity contribution in [3.05, 3.63) is 41.6 Å². The van der Waals surface area contributed by atoms with Crippen molar-refractivity contribution in [3.63, 3.8) is 0 Å². The molecule has 0 unspecified atom stereocenters. The number of hydrogen-bond acceptors (Lipinski definition) is 9. The van der Waals surface area contributed by atoms with E-state index in [0.717, 1.165) is 11.1 Å². The van der Waals surface area contributed by atoms with Crippen LogP contribution in [0.3, 0.4) is 0 Å². The number of hydrogen-bond donors (Lipinski definition) is 2. The Bertz CT molecular complexity index is 1150. The summed E-state index contributed by atoms with van der Waals surface area (Å²) in [4.78, 5) is 30.0. The Balaban J connectivity index is 1.93. The average molecular weight is 468 g/mol. The third-order valence-corrected chi connectivity index (χ3v) is 5.73. The zero-order valence-corrected chi connectivity index (χ0v) is 19.4. The molecule has 3 aromatic rings. The van der Waals surface area contributed by atoms with Gasteiger partial charge in [0, 0.05) is 38.9 Å². The van der Waals surface area contributed by atoms with E-state index in [1.807, 2.05) is 43.1 Å². The molecule has 0 radical (unpaired) electrons. The Morgan fingerprint density at radius 1 is 1.15 bits per heavy atom. The van der Waals surface area contributed by atoms with Gasteiger partial charge in [-0.1, -0.05) is 24.3 Å². The summed E-state index contributed by atoms with van der Waals surface area (Å²) in [6.45, 7) is 6.00. The van der Waals surface area contributed by atoms with Gasteiger partial charge in [-0.15, -0.1) is 0 Å². The van der Waals surface area contributed by atoms with E-state index in [4.69, 9.17) is 19.4 Å². The molecule has 1 saturated heterocycles. The van der Waals surface area contributed by atoms with Gasteiger partial charge in [0.1, 0.15) is 16.7 Å². The van der Waals surface area contributed by atoms with Crippen molar-refractivity contribution in [2.75, 3.05) is 62.9 Å². The van der Waals surface area contributed by atoms with Crippen LogP contribution in [0.25, 0.3) is 22.3 Å². The Kier molecular flexibility index (Phi) is 7.51. The van der Waals surface area contributed by atoms with Crippen LogP contribution in [-0.4, -0.2) is 84.2 Å². The van der Waals surface area contributed by atoms with Crippen molar-refractivity contribution >= 4 is 28.6 Å². The first-order valence-electron chi connectivity index (χ1n) is 11.3. The smallest absolute Gasteiger partial charge is 0.354 e. The van der Waals surface area contributed by atoms with Gasteiger partial charge in [-0.2, -0.15) is 0 Å². The lowest BCUT2D eigenvalue weighted by atomic mass is 10.1. The Labute approximate surface area is 197 Å². The van der Waals surface area contributed by atoms with Crippen LogP contribution in [0.5, 0.6) is 0 Å². The summed E-state index contributed by atoms with van der Waals surface area (Å²) in [5, 5.41) is 19.2. The average Bonchev–Trinajstić information content (AvgIpc) is 2.88. The molecule has 1 aliphatic rings. The van der Waals surface area contributed by atoms with Crippen LogP contribution >= 0.6 is 0 Å². The highest BCUT2D eigenvalue weighted by molar-refractivity contribution is 6.01. The molecule has 180 valence electrons. The molecule has 1 aromatic carbocycles. The van der Waals surface area contributed by atoms with Gasteiger partial charge in [0.2, 0.25) is 5.95 Å². The largest absolute Gasteiger partial charge is 0.477 e. The lowest BCUT2D eigenvalue weighted by molar-refractivity contribution is 0.0691. The first kappa shape index (κ1) is 23.8. The molecule has 3 heterocycles. The number of fused-ring (bicyclic) bond motifs is 1. The van der Waals surface area contributed by atoms with E-state index in [2.05, 4.69) is 9.88 Å². The first-order chi connectivity index (χ1) is 16.5. The van der Waals surface area contributed by atoms with Crippen LogP contribution in [0, 0.1) is 0 Å². The normalized spacial score (nSPS) is 13.9. The van der Waals surface area contributed by atoms with Crippen LogP contribution in [0.2, 0.25) is 0 Å². The second-order valence-corrected chi connectivity index (χ2v) is 7.97. The molecule has 0 spiro atoms. The number of anilines is 2. The molecule has 0 bridgehead atoms. The van der Waals surface area contributed by atoms with E-state index in [0.29, 0.717) is 74.4 Å². The molecule has 1 fully saturated rings. The van der Waals surface area contributed by atoms with Gasteiger partial charge in [-0.25, -0.2) is 19.7 Å². The zero-order valence-electron chi connectivity index (χ0n) is 19.4. The van der Waals surface area contributed by atoms with Crippen LogP contribution in [0.1, 0.15) is 23.0 Å². The lowest BCUT2D eigenvalue weighted by Crippen LogP contribution is -2.37. The minimum Gasteiger partial charge on any atom is -0.477 e. The number of carboxylic acid groups (broad SMARTS) is 1. The maximum Gasteiger partial charge on any atom is 0.354 e. The number of pyridine rings is 1. The standard InChI is InChI=1S/C24H29N5O5/c1-3-33-11-8-28(2)19-14-18(23(31)32)25-22-20(17-6-4-16(15-30)5-7-17)26-24(27-21(19)22)29-9-12-34-13-10-29/h4-7,14,30H,3,8-13,15H2,1-2H3,(H,31,32). The van der Waals surface area contributed by atoms with Crippen LogP contribution in [-0.2, 0) is 16.1 Å². The third kappa shape index (κ3) is 5.09. The minimum atomic E-state index is -1.12. The second-order valence-electron chi connectivity index (χ2n) is 7.97. The van der Waals surface area contributed by atoms with Crippen LogP contribution in [0.4, 0.5) is 11.6 Å². The topological polar surface area (TPSA) is 121 Å². The molecule has 2 aromatic heterocycles. The molecule has 0 atom stereocenters. The maximum atomic E-state index is 11.9. The highest BCUT2D eigenvalue weighted by Crippen LogP contribution is 2.33. The highest BCUT2D eigenvalue weighted by atomic mass is 16.5. The first-order valence-corrected chi connectivity index (χ1v) is 11.3. The summed E-state index contributed by atoms with van der Waals surface area (Å²) < 4.78 is 11.0. The number of ether oxygens (including phenoxy) is 2. The Morgan fingerprint density at radius 2 is 1.88 bits per heavy atom. The summed E-state index contributed by atoms with van der Waals surface area (Å²) in [6.07, 6.45) is 0. The fraction of sp³-hybridized carbons (Fsp3) is 0.417. The predicted octanol–water partition coefficient (Wildman–Crippen LogP) is 2.19. The molecule has 1 aliphatic heterocycles. The number of aliphatic hydroxyl groups excluding tert-OH is 1. The molecule has 0 amide bonds. The van der Waals surface area contributed by atoms with Crippen molar-refractivity contribution in [2.45, 2.75) is 13.5 Å². The molecule has 4 rings (SSSR count). The molecule has 10 heteroatoms. The van der Waals surface area contributed by atoms with Crippen LogP contribution < -0.4 is 9.80 Å². The number of morpholine rings is 1. The second kappa shape index (κ2) is 10.7. The van der Waals surface area contributed by atoms with Gasteiger partial charge in [0.05, 0.1) is 32.1 Å². The van der Waals surface area contributed by atoms with Gasteiger partial charge in [-0.3, -0.25) is 0 Å². The number of aromatic carboxylic acids is 1. The minimum absolute atomic E-state index is 0.0694. The van der Waals surface area contributed by atoms with E-state index < -0.39 is 5.97 Å². The Morgan fingerprint density at radius 3 is 2.53 bits per heavy atom. The van der Waals surface area contributed by atoms with Gasteiger partial charge in [0.25, 0.3) is 0 Å². The molecule has 10 nitrogen and oxygen atoms in total. The molecule has 34 heavy (non-hydrogen) atoms. The number of rotatable bonds is 9. The summed E-state index contributed by atoms with van der Waals surface area (Å²) in [7, 11) is 1.88. The zero-order chi connectivity index (χ0) is 24.1. The quantitative estimate of drug-likeness (QED) is 0.453. The molecule has 0 aliphatic carbocycles. The van der Waals surface area contributed by atoms with Crippen molar-refractivity contribution in [3.8, 4) is 11.3 Å². The number of carbonyl (C=O) groups is 1. The SMILES string of the molecule is CCOCCN(C)c1cc(C(=O)O)nc2c(-c3ccc(CO)cc3)nc(N3CCOCC3)nc12. The van der Waals surface area contributed by atoms with E-state index in [1.54, 1.807) is 6.07 Å². The van der Waals surface area contributed by atoms with E-state index in [1.165, 1.54) is 0 Å². The van der Waals surface area contributed by atoms with Gasteiger partial charge >= 0.3 is 5.97 Å². The highest BCUT2D eigenvalue weighted by Gasteiger charge is 2.23. The van der Waals surface area contributed by atoms with E-state index in [-0.39, 0.29) is 12.3 Å². The van der Waals surface area contributed by atoms with E-state index >= 15 is 0 Å². The van der Waals surface area contributed by atoms with Crippen molar-refractivity contribution in [1.29, 1.82) is 0 Å². The summed E-state index contributed by atoms with van der Waals surface area (Å²) in [5.41, 5.74) is 3.62. The van der Waals surface area contributed by atoms with E-state index in [9.17, 15) is 15.0 Å². The Hall–Kier alpha value is -3.34.